The van der Waals surface area contributed by atoms with E-state index in [9.17, 15) is 4.79 Å². The van der Waals surface area contributed by atoms with Crippen LogP contribution < -0.4 is 5.32 Å². The third kappa shape index (κ3) is 3.43. The van der Waals surface area contributed by atoms with Crippen molar-refractivity contribution in [2.45, 2.75) is 76.5 Å². The summed E-state index contributed by atoms with van der Waals surface area (Å²) in [5.74, 6) is -1.32. The van der Waals surface area contributed by atoms with Gasteiger partial charge in [0.1, 0.15) is 24.1 Å². The fraction of sp³-hybridized carbons (Fsp3) is 0.600. The van der Waals surface area contributed by atoms with Gasteiger partial charge in [0.25, 0.3) is 5.91 Å². The van der Waals surface area contributed by atoms with E-state index in [0.29, 0.717) is 5.82 Å². The number of nitrogens with one attached hydrogen (secondary N) is 2. The van der Waals surface area contributed by atoms with Crippen LogP contribution in [0.5, 0.6) is 0 Å². The molecule has 2 aromatic rings. The van der Waals surface area contributed by atoms with Crippen molar-refractivity contribution in [3.8, 4) is 0 Å². The number of para-hydroxylation sites is 2. The van der Waals surface area contributed by atoms with E-state index in [-0.39, 0.29) is 12.5 Å². The van der Waals surface area contributed by atoms with Crippen LogP contribution in [0.3, 0.4) is 0 Å². The Morgan fingerprint density at radius 2 is 1.72 bits per heavy atom. The molecule has 29 heavy (non-hydrogen) atoms. The molecule has 3 aliphatic rings. The van der Waals surface area contributed by atoms with Crippen LogP contribution in [0.4, 0.5) is 0 Å². The summed E-state index contributed by atoms with van der Waals surface area (Å²) >= 11 is 0. The number of fused-ring (bicyclic) bond motifs is 4. The van der Waals surface area contributed by atoms with Crippen molar-refractivity contribution < 1.29 is 28.5 Å². The molecular formula is C20H25N3O6. The van der Waals surface area contributed by atoms with E-state index in [1.165, 1.54) is 0 Å². The predicted molar refractivity (Wildman–Crippen MR) is 100 cm³/mol. The summed E-state index contributed by atoms with van der Waals surface area (Å²) in [6, 6.07) is 7.70. The second-order valence-corrected chi connectivity index (χ2v) is 8.51. The van der Waals surface area contributed by atoms with E-state index in [1.807, 2.05) is 38.1 Å². The quantitative estimate of drug-likeness (QED) is 0.802. The lowest BCUT2D eigenvalue weighted by Crippen LogP contribution is -2.59. The zero-order valence-electron chi connectivity index (χ0n) is 16.8. The first kappa shape index (κ1) is 19.0. The maximum Gasteiger partial charge on any atom is 0.252 e. The molecular weight excluding hydrogens is 378 g/mol. The number of hydrogen-bond acceptors (Lipinski definition) is 7. The van der Waals surface area contributed by atoms with E-state index in [4.69, 9.17) is 23.7 Å². The lowest BCUT2D eigenvalue weighted by Gasteiger charge is -2.36. The Morgan fingerprint density at radius 3 is 2.52 bits per heavy atom. The van der Waals surface area contributed by atoms with Crippen LogP contribution in [-0.2, 0) is 35.0 Å². The molecule has 0 aliphatic carbocycles. The second-order valence-electron chi connectivity index (χ2n) is 8.51. The van der Waals surface area contributed by atoms with Gasteiger partial charge in [-0.25, -0.2) is 4.98 Å². The van der Waals surface area contributed by atoms with Gasteiger partial charge in [-0.1, -0.05) is 12.1 Å². The minimum absolute atomic E-state index is 0.242. The third-order valence-corrected chi connectivity index (χ3v) is 5.28. The van der Waals surface area contributed by atoms with Crippen molar-refractivity contribution >= 4 is 16.9 Å². The maximum atomic E-state index is 13.0. The smallest absolute Gasteiger partial charge is 0.252 e. The molecule has 3 fully saturated rings. The van der Waals surface area contributed by atoms with Gasteiger partial charge in [0, 0.05) is 0 Å². The number of ether oxygens (including phenoxy) is 5. The van der Waals surface area contributed by atoms with Crippen LogP contribution in [0.15, 0.2) is 24.3 Å². The lowest BCUT2D eigenvalue weighted by atomic mass is 9.98. The number of H-pyrrole nitrogens is 1. The van der Waals surface area contributed by atoms with Gasteiger partial charge in [-0.2, -0.15) is 0 Å². The molecule has 156 valence electrons. The molecule has 5 rings (SSSR count). The molecule has 0 radical (unpaired) electrons. The van der Waals surface area contributed by atoms with Crippen LogP contribution in [-0.4, -0.2) is 58.2 Å². The highest BCUT2D eigenvalue weighted by Crippen LogP contribution is 2.44. The molecule has 0 unspecified atom stereocenters. The minimum Gasteiger partial charge on any atom is -0.347 e. The Labute approximate surface area is 168 Å². The van der Waals surface area contributed by atoms with Crippen molar-refractivity contribution in [3.63, 3.8) is 0 Å². The molecule has 0 saturated carbocycles. The summed E-state index contributed by atoms with van der Waals surface area (Å²) in [5.41, 5.74) is 1.77. The minimum atomic E-state index is -0.884. The number of benzene rings is 1. The molecule has 0 spiro atoms. The van der Waals surface area contributed by atoms with Crippen LogP contribution >= 0.6 is 0 Å². The highest BCUT2D eigenvalue weighted by atomic mass is 16.9. The standard InChI is InChI=1S/C20H25N3O6/c1-19(2)26-13-14(27-19)16-18(29-20(3,4)28-16)25-15(13)17(24)21-9-12-22-10-7-5-6-8-11(10)23-12/h5-8,13-16,18H,9H2,1-4H3,(H,21,24)(H,22,23)/t13-,14+,15+,16-,18+/m1/s1. The molecule has 2 N–H and O–H groups in total. The van der Waals surface area contributed by atoms with Crippen molar-refractivity contribution in [1.82, 2.24) is 15.3 Å². The number of carbonyl (C=O) groups is 1. The number of hydrogen-bond donors (Lipinski definition) is 2. The van der Waals surface area contributed by atoms with E-state index in [2.05, 4.69) is 15.3 Å². The van der Waals surface area contributed by atoms with Gasteiger partial charge in [0.05, 0.1) is 17.6 Å². The Kier molecular flexibility index (Phi) is 4.24. The molecule has 0 bridgehead atoms. The van der Waals surface area contributed by atoms with Crippen molar-refractivity contribution in [2.24, 2.45) is 0 Å². The van der Waals surface area contributed by atoms with Gasteiger partial charge in [-0.05, 0) is 39.8 Å². The van der Waals surface area contributed by atoms with E-state index >= 15 is 0 Å². The fourth-order valence-corrected chi connectivity index (χ4v) is 4.18. The molecule has 1 aromatic heterocycles. The Bertz CT molecular complexity index is 908. The molecule has 9 heteroatoms. The molecule has 5 atom stereocenters. The Morgan fingerprint density at radius 1 is 1.03 bits per heavy atom. The van der Waals surface area contributed by atoms with Gasteiger partial charge in [0.2, 0.25) is 0 Å². The highest BCUT2D eigenvalue weighted by molar-refractivity contribution is 5.82. The number of amides is 1. The number of carbonyl (C=O) groups excluding carboxylic acids is 1. The molecule has 3 saturated heterocycles. The Balaban J connectivity index is 1.33. The van der Waals surface area contributed by atoms with Gasteiger partial charge >= 0.3 is 0 Å². The summed E-state index contributed by atoms with van der Waals surface area (Å²) in [5, 5.41) is 2.88. The molecule has 3 aliphatic heterocycles. The molecule has 9 nitrogen and oxygen atoms in total. The predicted octanol–water partition coefficient (Wildman–Crippen LogP) is 1.58. The van der Waals surface area contributed by atoms with Gasteiger partial charge in [0.15, 0.2) is 24.0 Å². The topological polar surface area (TPSA) is 104 Å². The largest absolute Gasteiger partial charge is 0.347 e. The number of aromatic amines is 1. The van der Waals surface area contributed by atoms with E-state index < -0.39 is 42.3 Å². The van der Waals surface area contributed by atoms with Crippen LogP contribution in [0, 0.1) is 0 Å². The van der Waals surface area contributed by atoms with Crippen LogP contribution in [0.25, 0.3) is 11.0 Å². The molecule has 1 aromatic carbocycles. The van der Waals surface area contributed by atoms with Gasteiger partial charge < -0.3 is 34.0 Å². The summed E-state index contributed by atoms with van der Waals surface area (Å²) in [7, 11) is 0. The second kappa shape index (κ2) is 6.48. The van der Waals surface area contributed by atoms with Crippen LogP contribution in [0.2, 0.25) is 0 Å². The first-order chi connectivity index (χ1) is 13.7. The summed E-state index contributed by atoms with van der Waals surface area (Å²) in [4.78, 5) is 20.7. The summed E-state index contributed by atoms with van der Waals surface area (Å²) in [6.45, 7) is 7.48. The maximum absolute atomic E-state index is 13.0. The fourth-order valence-electron chi connectivity index (χ4n) is 4.18. The highest BCUT2D eigenvalue weighted by Gasteiger charge is 2.62. The normalized spacial score (nSPS) is 34.7. The average Bonchev–Trinajstić information content (AvgIpc) is 3.29. The SMILES string of the molecule is CC1(C)O[C@H]2[C@@H](O1)[C@@H](C(=O)NCc1nc3ccccc3[nH]1)O[C@H]1OC(C)(C)O[C@@H]12. The summed E-state index contributed by atoms with van der Waals surface area (Å²) in [6.07, 6.45) is -3.11. The Hall–Kier alpha value is -2.04. The first-order valence-electron chi connectivity index (χ1n) is 9.79. The monoisotopic (exact) mass is 403 g/mol. The van der Waals surface area contributed by atoms with Crippen molar-refractivity contribution in [3.05, 3.63) is 30.1 Å². The first-order valence-corrected chi connectivity index (χ1v) is 9.79. The van der Waals surface area contributed by atoms with Crippen molar-refractivity contribution in [1.29, 1.82) is 0 Å². The zero-order chi connectivity index (χ0) is 20.4. The van der Waals surface area contributed by atoms with Gasteiger partial charge in [-0.3, -0.25) is 4.79 Å². The third-order valence-electron chi connectivity index (χ3n) is 5.28. The zero-order valence-corrected chi connectivity index (χ0v) is 16.8. The average molecular weight is 403 g/mol. The molecule has 4 heterocycles. The molecule has 1 amide bonds. The van der Waals surface area contributed by atoms with Crippen LogP contribution in [0.1, 0.15) is 33.5 Å². The lowest BCUT2D eigenvalue weighted by molar-refractivity contribution is -0.231. The number of rotatable bonds is 3. The number of imidazole rings is 1. The van der Waals surface area contributed by atoms with Crippen molar-refractivity contribution in [2.75, 3.05) is 0 Å². The summed E-state index contributed by atoms with van der Waals surface area (Å²) < 4.78 is 29.8. The van der Waals surface area contributed by atoms with E-state index in [1.54, 1.807) is 13.8 Å². The number of nitrogens with zero attached hydrogens (tertiary/aromatic N) is 1. The van der Waals surface area contributed by atoms with Gasteiger partial charge in [-0.15, -0.1) is 0 Å². The van der Waals surface area contributed by atoms with E-state index in [0.717, 1.165) is 11.0 Å². The number of aromatic nitrogens is 2.